The van der Waals surface area contributed by atoms with Crippen molar-refractivity contribution in [2.24, 2.45) is 7.05 Å². The van der Waals surface area contributed by atoms with Gasteiger partial charge in [0.1, 0.15) is 22.8 Å². The minimum Gasteiger partial charge on any atom is -0.444 e. The lowest BCUT2D eigenvalue weighted by Gasteiger charge is -2.40. The zero-order valence-electron chi connectivity index (χ0n) is 16.9. The maximum absolute atomic E-state index is 14.7. The molecule has 8 heteroatoms. The van der Waals surface area contributed by atoms with Crippen LogP contribution >= 0.6 is 0 Å². The molecule has 1 amide bonds. The average molecular weight is 397 g/mol. The van der Waals surface area contributed by atoms with Gasteiger partial charge in [-0.1, -0.05) is 6.07 Å². The Morgan fingerprint density at radius 2 is 2.00 bits per heavy atom. The molecule has 1 aromatic carbocycles. The second kappa shape index (κ2) is 7.02. The number of nitrogens with zero attached hydrogens (tertiary/aromatic N) is 4. The molecule has 29 heavy (non-hydrogen) atoms. The first-order valence-corrected chi connectivity index (χ1v) is 9.51. The molecule has 152 valence electrons. The minimum atomic E-state index is -0.520. The van der Waals surface area contributed by atoms with E-state index in [-0.39, 0.29) is 17.8 Å². The summed E-state index contributed by atoms with van der Waals surface area (Å²) < 4.78 is 21.9. The van der Waals surface area contributed by atoms with E-state index in [4.69, 9.17) is 4.74 Å². The van der Waals surface area contributed by atoms with Crippen molar-refractivity contribution in [3.05, 3.63) is 48.2 Å². The number of anilines is 2. The van der Waals surface area contributed by atoms with Crippen LogP contribution in [0.5, 0.6) is 0 Å². The summed E-state index contributed by atoms with van der Waals surface area (Å²) in [6.45, 7) is 6.57. The van der Waals surface area contributed by atoms with Gasteiger partial charge in [-0.15, -0.1) is 0 Å². The molecule has 0 saturated carbocycles. The van der Waals surface area contributed by atoms with Crippen LogP contribution in [0.3, 0.4) is 0 Å². The first-order chi connectivity index (χ1) is 13.7. The molecule has 0 atom stereocenters. The minimum absolute atomic E-state index is 0.106. The van der Waals surface area contributed by atoms with E-state index in [0.29, 0.717) is 24.6 Å². The number of carbonyl (C=O) groups excluding carboxylic acids is 1. The maximum atomic E-state index is 14.7. The standard InChI is InChI=1S/C21H24FN5O2/c1-21(2,3)29-20(28)27-10-14(11-27)13-5-6-16(15(22)7-13)25-19-8-18-17(9-23-19)24-12-26(18)4/h5-9,12,14H,10-11H2,1-4H3,(H,23,25). The van der Waals surface area contributed by atoms with Crippen molar-refractivity contribution in [1.29, 1.82) is 0 Å². The molecule has 3 aromatic rings. The molecule has 1 saturated heterocycles. The van der Waals surface area contributed by atoms with Crippen molar-refractivity contribution < 1.29 is 13.9 Å². The quantitative estimate of drug-likeness (QED) is 0.718. The number of likely N-dealkylation sites (tertiary alicyclic amines) is 1. The Morgan fingerprint density at radius 3 is 2.69 bits per heavy atom. The van der Waals surface area contributed by atoms with Crippen molar-refractivity contribution in [3.8, 4) is 0 Å². The maximum Gasteiger partial charge on any atom is 0.410 e. The normalized spacial score (nSPS) is 14.7. The first-order valence-electron chi connectivity index (χ1n) is 9.51. The van der Waals surface area contributed by atoms with Crippen LogP contribution in [0.2, 0.25) is 0 Å². The Bertz CT molecular complexity index is 1070. The number of rotatable bonds is 3. The van der Waals surface area contributed by atoms with Gasteiger partial charge < -0.3 is 19.5 Å². The second-order valence-electron chi connectivity index (χ2n) is 8.36. The average Bonchev–Trinajstić information content (AvgIpc) is 2.95. The molecule has 7 nitrogen and oxygen atoms in total. The topological polar surface area (TPSA) is 72.3 Å². The van der Waals surface area contributed by atoms with E-state index in [1.807, 2.05) is 44.5 Å². The smallest absolute Gasteiger partial charge is 0.410 e. The van der Waals surface area contributed by atoms with Crippen molar-refractivity contribution in [2.75, 3.05) is 18.4 Å². The lowest BCUT2D eigenvalue weighted by Crippen LogP contribution is -2.50. The molecule has 0 bridgehead atoms. The van der Waals surface area contributed by atoms with Crippen LogP contribution in [0.25, 0.3) is 11.0 Å². The van der Waals surface area contributed by atoms with E-state index in [0.717, 1.165) is 16.6 Å². The number of pyridine rings is 1. The van der Waals surface area contributed by atoms with Crippen LogP contribution < -0.4 is 5.32 Å². The predicted molar refractivity (Wildman–Crippen MR) is 109 cm³/mol. The molecule has 0 spiro atoms. The zero-order valence-corrected chi connectivity index (χ0v) is 16.9. The van der Waals surface area contributed by atoms with Gasteiger partial charge >= 0.3 is 6.09 Å². The highest BCUT2D eigenvalue weighted by Crippen LogP contribution is 2.31. The van der Waals surface area contributed by atoms with E-state index in [2.05, 4.69) is 15.3 Å². The molecule has 2 aromatic heterocycles. The zero-order chi connectivity index (χ0) is 20.8. The van der Waals surface area contributed by atoms with E-state index in [1.165, 1.54) is 6.07 Å². The van der Waals surface area contributed by atoms with Crippen molar-refractivity contribution in [3.63, 3.8) is 0 Å². The number of amides is 1. The van der Waals surface area contributed by atoms with Crippen molar-refractivity contribution in [2.45, 2.75) is 32.3 Å². The third-order valence-corrected chi connectivity index (χ3v) is 4.87. The van der Waals surface area contributed by atoms with Crippen LogP contribution in [0.15, 0.2) is 36.8 Å². The highest BCUT2D eigenvalue weighted by Gasteiger charge is 2.34. The summed E-state index contributed by atoms with van der Waals surface area (Å²) in [5, 5.41) is 3.02. The number of nitrogens with one attached hydrogen (secondary N) is 1. The highest BCUT2D eigenvalue weighted by atomic mass is 19.1. The molecule has 0 unspecified atom stereocenters. The van der Waals surface area contributed by atoms with Gasteiger partial charge in [0.25, 0.3) is 0 Å². The summed E-state index contributed by atoms with van der Waals surface area (Å²) in [5.74, 6) is 0.299. The molecular weight excluding hydrogens is 373 g/mol. The van der Waals surface area contributed by atoms with Gasteiger partial charge in [0, 0.05) is 32.1 Å². The number of aromatic nitrogens is 3. The largest absolute Gasteiger partial charge is 0.444 e. The Balaban J connectivity index is 1.42. The first kappa shape index (κ1) is 19.2. The lowest BCUT2D eigenvalue weighted by molar-refractivity contribution is 0.00818. The summed E-state index contributed by atoms with van der Waals surface area (Å²) in [6.07, 6.45) is 3.04. The van der Waals surface area contributed by atoms with Gasteiger partial charge in [0.15, 0.2) is 0 Å². The van der Waals surface area contributed by atoms with Crippen LogP contribution in [0, 0.1) is 5.82 Å². The molecule has 1 aliphatic rings. The molecule has 0 radical (unpaired) electrons. The highest BCUT2D eigenvalue weighted by molar-refractivity contribution is 5.78. The van der Waals surface area contributed by atoms with E-state index in [9.17, 15) is 9.18 Å². The van der Waals surface area contributed by atoms with Gasteiger partial charge in [-0.3, -0.25) is 0 Å². The van der Waals surface area contributed by atoms with Gasteiger partial charge in [0.05, 0.1) is 23.7 Å². The number of benzene rings is 1. The van der Waals surface area contributed by atoms with Crippen molar-refractivity contribution >= 4 is 28.6 Å². The number of hydrogen-bond donors (Lipinski definition) is 1. The van der Waals surface area contributed by atoms with Crippen LogP contribution in [0.1, 0.15) is 32.3 Å². The number of halogens is 1. The molecule has 1 N–H and O–H groups in total. The number of aryl methyl sites for hydroxylation is 1. The van der Waals surface area contributed by atoms with E-state index in [1.54, 1.807) is 23.5 Å². The Morgan fingerprint density at radius 1 is 1.24 bits per heavy atom. The second-order valence-corrected chi connectivity index (χ2v) is 8.36. The van der Waals surface area contributed by atoms with Crippen LogP contribution in [-0.4, -0.2) is 44.2 Å². The van der Waals surface area contributed by atoms with Crippen LogP contribution in [0.4, 0.5) is 20.7 Å². The van der Waals surface area contributed by atoms with E-state index < -0.39 is 5.60 Å². The fourth-order valence-corrected chi connectivity index (χ4v) is 3.29. The summed E-state index contributed by atoms with van der Waals surface area (Å²) >= 11 is 0. The molecule has 4 rings (SSSR count). The predicted octanol–water partition coefficient (Wildman–Crippen LogP) is 4.19. The van der Waals surface area contributed by atoms with Gasteiger partial charge in [0.2, 0.25) is 0 Å². The number of fused-ring (bicyclic) bond motifs is 1. The Kier molecular flexibility index (Phi) is 4.64. The summed E-state index contributed by atoms with van der Waals surface area (Å²) in [6, 6.07) is 6.93. The molecule has 0 aliphatic carbocycles. The van der Waals surface area contributed by atoms with Gasteiger partial charge in [-0.05, 0) is 38.5 Å². The third-order valence-electron chi connectivity index (χ3n) is 4.87. The van der Waals surface area contributed by atoms with Crippen LogP contribution in [-0.2, 0) is 11.8 Å². The summed E-state index contributed by atoms with van der Waals surface area (Å²) in [4.78, 5) is 22.2. The number of hydrogen-bond acceptors (Lipinski definition) is 5. The SMILES string of the molecule is Cn1cnc2cnc(Nc3ccc(C4CN(C(=O)OC(C)(C)C)C4)cc3F)cc21. The fraction of sp³-hybridized carbons (Fsp3) is 0.381. The van der Waals surface area contributed by atoms with Gasteiger partial charge in [-0.25, -0.2) is 19.2 Å². The number of ether oxygens (including phenoxy) is 1. The molecule has 3 heterocycles. The molecule has 1 aliphatic heterocycles. The Hall–Kier alpha value is -3.16. The van der Waals surface area contributed by atoms with Crippen molar-refractivity contribution in [1.82, 2.24) is 19.4 Å². The lowest BCUT2D eigenvalue weighted by atomic mass is 9.91. The van der Waals surface area contributed by atoms with Gasteiger partial charge in [-0.2, -0.15) is 0 Å². The fourth-order valence-electron chi connectivity index (χ4n) is 3.29. The number of carbonyl (C=O) groups is 1. The monoisotopic (exact) mass is 397 g/mol. The number of imidazole rings is 1. The van der Waals surface area contributed by atoms with E-state index >= 15 is 0 Å². The Labute approximate surface area is 168 Å². The summed E-state index contributed by atoms with van der Waals surface area (Å²) in [5.41, 5.74) is 2.40. The molecular formula is C21H24FN5O2. The summed E-state index contributed by atoms with van der Waals surface area (Å²) in [7, 11) is 1.90. The third kappa shape index (κ3) is 4.01. The molecule has 1 fully saturated rings.